The molecule has 1 unspecified atom stereocenters. The fourth-order valence-electron chi connectivity index (χ4n) is 2.60. The maximum Gasteiger partial charge on any atom is 0.306 e. The van der Waals surface area contributed by atoms with E-state index in [1.54, 1.807) is 19.2 Å². The Morgan fingerprint density at radius 2 is 2.07 bits per heavy atom. The Kier molecular flexibility index (Phi) is 11.6. The number of ether oxygens (including phenoxy) is 2. The topological polar surface area (TPSA) is 73.9 Å². The molecule has 1 aromatic carbocycles. The zero-order chi connectivity index (χ0) is 20.1. The van der Waals surface area contributed by atoms with Crippen LogP contribution in [0, 0.1) is 5.92 Å². The third-order valence-electron chi connectivity index (χ3n) is 4.22. The molecule has 0 aliphatic carbocycles. The lowest BCUT2D eigenvalue weighted by molar-refractivity contribution is -0.144. The number of hydrogen-bond acceptors (Lipinski definition) is 7. The molecule has 1 rings (SSSR count). The van der Waals surface area contributed by atoms with Gasteiger partial charge in [-0.25, -0.2) is 0 Å². The monoisotopic (exact) mass is 397 g/mol. The number of rotatable bonds is 14. The van der Waals surface area contributed by atoms with Gasteiger partial charge in [0.25, 0.3) is 0 Å². The Morgan fingerprint density at radius 3 is 2.67 bits per heavy atom. The molecule has 1 atom stereocenters. The number of anilines is 1. The van der Waals surface area contributed by atoms with Gasteiger partial charge in [-0.2, -0.15) is 0 Å². The molecule has 0 saturated carbocycles. The van der Waals surface area contributed by atoms with Crippen LogP contribution in [0.1, 0.15) is 56.3 Å². The minimum absolute atomic E-state index is 0.192. The summed E-state index contributed by atoms with van der Waals surface area (Å²) in [6, 6.07) is 3.34. The lowest BCUT2D eigenvalue weighted by atomic mass is 10.0. The van der Waals surface area contributed by atoms with E-state index in [2.05, 4.69) is 19.3 Å². The summed E-state index contributed by atoms with van der Waals surface area (Å²) in [4.78, 5) is 28.9. The summed E-state index contributed by atoms with van der Waals surface area (Å²) in [6.07, 6.45) is 5.49. The fraction of sp³-hybridized carbons (Fsp3) is 0.600. The van der Waals surface area contributed by atoms with Crippen LogP contribution >= 0.6 is 11.8 Å². The molecular weight excluding hydrogens is 366 g/mol. The fourth-order valence-corrected chi connectivity index (χ4v) is 3.61. The second-order valence-electron chi connectivity index (χ2n) is 6.22. The Labute approximate surface area is 166 Å². The van der Waals surface area contributed by atoms with Crippen molar-refractivity contribution >= 4 is 29.7 Å². The van der Waals surface area contributed by atoms with E-state index in [1.807, 2.05) is 0 Å². The molecule has 7 heteroatoms. The lowest BCUT2D eigenvalue weighted by Crippen LogP contribution is -2.14. The summed E-state index contributed by atoms with van der Waals surface area (Å²) in [5.74, 6) is 1.35. The molecule has 0 spiro atoms. The molecule has 0 aromatic heterocycles. The number of benzene rings is 1. The van der Waals surface area contributed by atoms with Gasteiger partial charge in [0.15, 0.2) is 0 Å². The van der Waals surface area contributed by atoms with Crippen LogP contribution in [0.3, 0.4) is 0 Å². The van der Waals surface area contributed by atoms with Gasteiger partial charge in [-0.05, 0) is 24.5 Å². The third kappa shape index (κ3) is 8.22. The molecule has 0 heterocycles. The zero-order valence-electron chi connectivity index (χ0n) is 16.7. The van der Waals surface area contributed by atoms with Crippen molar-refractivity contribution in [1.29, 1.82) is 0 Å². The summed E-state index contributed by atoms with van der Waals surface area (Å²) >= 11 is 1.46. The molecule has 6 nitrogen and oxygen atoms in total. The highest BCUT2D eigenvalue weighted by Crippen LogP contribution is 2.37. The van der Waals surface area contributed by atoms with Crippen LogP contribution in [0.2, 0.25) is 0 Å². The largest absolute Gasteiger partial charge is 0.495 e. The van der Waals surface area contributed by atoms with Crippen molar-refractivity contribution in [3.63, 3.8) is 0 Å². The SMILES string of the molecule is CCCCC(CC)COC(=O)CCSc1c(NOC)cc(C=O)cc1OC. The summed E-state index contributed by atoms with van der Waals surface area (Å²) in [7, 11) is 3.04. The van der Waals surface area contributed by atoms with Gasteiger partial charge in [0.05, 0.1) is 37.8 Å². The molecular formula is C20H31NO5S. The Balaban J connectivity index is 2.59. The maximum atomic E-state index is 12.0. The molecule has 0 saturated heterocycles. The van der Waals surface area contributed by atoms with Crippen LogP contribution in [0.15, 0.2) is 17.0 Å². The average molecular weight is 398 g/mol. The van der Waals surface area contributed by atoms with E-state index in [0.29, 0.717) is 41.7 Å². The number of esters is 1. The van der Waals surface area contributed by atoms with Crippen LogP contribution in [0.4, 0.5) is 5.69 Å². The number of unbranched alkanes of at least 4 members (excludes halogenated alkanes) is 1. The van der Waals surface area contributed by atoms with Crippen molar-refractivity contribution in [3.05, 3.63) is 17.7 Å². The van der Waals surface area contributed by atoms with Crippen molar-refractivity contribution in [2.24, 2.45) is 5.92 Å². The first-order valence-corrected chi connectivity index (χ1v) is 10.3. The first kappa shape index (κ1) is 23.3. The first-order valence-electron chi connectivity index (χ1n) is 9.34. The van der Waals surface area contributed by atoms with E-state index in [1.165, 1.54) is 18.9 Å². The maximum absolute atomic E-state index is 12.0. The van der Waals surface area contributed by atoms with Gasteiger partial charge in [0, 0.05) is 11.3 Å². The molecule has 27 heavy (non-hydrogen) atoms. The number of carbonyl (C=O) groups excluding carboxylic acids is 2. The predicted octanol–water partition coefficient (Wildman–Crippen LogP) is 4.72. The minimum Gasteiger partial charge on any atom is -0.495 e. The van der Waals surface area contributed by atoms with Crippen molar-refractivity contribution in [2.45, 2.75) is 50.8 Å². The average Bonchev–Trinajstić information content (AvgIpc) is 2.68. The highest BCUT2D eigenvalue weighted by molar-refractivity contribution is 7.99. The van der Waals surface area contributed by atoms with E-state index in [-0.39, 0.29) is 5.97 Å². The number of hydrogen-bond donors (Lipinski definition) is 1. The number of carbonyl (C=O) groups is 2. The van der Waals surface area contributed by atoms with Gasteiger partial charge in [-0.3, -0.25) is 19.9 Å². The van der Waals surface area contributed by atoms with Gasteiger partial charge < -0.3 is 9.47 Å². The van der Waals surface area contributed by atoms with Crippen LogP contribution < -0.4 is 10.2 Å². The molecule has 1 N–H and O–H groups in total. The van der Waals surface area contributed by atoms with E-state index in [4.69, 9.17) is 14.3 Å². The van der Waals surface area contributed by atoms with E-state index in [9.17, 15) is 9.59 Å². The highest BCUT2D eigenvalue weighted by atomic mass is 32.2. The van der Waals surface area contributed by atoms with Crippen LogP contribution in [0.5, 0.6) is 5.75 Å². The van der Waals surface area contributed by atoms with Gasteiger partial charge in [-0.15, -0.1) is 11.8 Å². The quantitative estimate of drug-likeness (QED) is 0.211. The molecule has 0 amide bonds. The summed E-state index contributed by atoms with van der Waals surface area (Å²) in [6.45, 7) is 4.79. The normalized spacial score (nSPS) is 11.7. The van der Waals surface area contributed by atoms with E-state index < -0.39 is 0 Å². The van der Waals surface area contributed by atoms with Crippen LogP contribution in [-0.2, 0) is 14.4 Å². The van der Waals surface area contributed by atoms with E-state index in [0.717, 1.165) is 36.9 Å². The number of nitrogens with one attached hydrogen (secondary N) is 1. The van der Waals surface area contributed by atoms with Crippen LogP contribution in [-0.4, -0.2) is 38.8 Å². The van der Waals surface area contributed by atoms with Crippen molar-refractivity contribution < 1.29 is 23.9 Å². The Hall–Kier alpha value is -1.73. The molecule has 152 valence electrons. The van der Waals surface area contributed by atoms with Gasteiger partial charge in [-0.1, -0.05) is 33.1 Å². The molecule has 0 radical (unpaired) electrons. The highest BCUT2D eigenvalue weighted by Gasteiger charge is 2.15. The summed E-state index contributed by atoms with van der Waals surface area (Å²) < 4.78 is 10.8. The smallest absolute Gasteiger partial charge is 0.306 e. The number of methoxy groups -OCH3 is 1. The Bertz CT molecular complexity index is 594. The zero-order valence-corrected chi connectivity index (χ0v) is 17.5. The summed E-state index contributed by atoms with van der Waals surface area (Å²) in [5, 5.41) is 0. The third-order valence-corrected chi connectivity index (χ3v) is 5.34. The number of thioether (sulfide) groups is 1. The van der Waals surface area contributed by atoms with Gasteiger partial charge in [0.2, 0.25) is 0 Å². The first-order chi connectivity index (χ1) is 13.1. The van der Waals surface area contributed by atoms with Crippen molar-refractivity contribution in [2.75, 3.05) is 32.1 Å². The van der Waals surface area contributed by atoms with Crippen LogP contribution in [0.25, 0.3) is 0 Å². The lowest BCUT2D eigenvalue weighted by Gasteiger charge is -2.16. The molecule has 1 aromatic rings. The van der Waals surface area contributed by atoms with Gasteiger partial charge in [0.1, 0.15) is 12.0 Å². The Morgan fingerprint density at radius 1 is 1.30 bits per heavy atom. The second-order valence-corrected chi connectivity index (χ2v) is 7.33. The summed E-state index contributed by atoms with van der Waals surface area (Å²) in [5.41, 5.74) is 3.86. The minimum atomic E-state index is -0.192. The van der Waals surface area contributed by atoms with E-state index >= 15 is 0 Å². The molecule has 0 aliphatic heterocycles. The number of aldehydes is 1. The van der Waals surface area contributed by atoms with Gasteiger partial charge >= 0.3 is 5.97 Å². The molecule has 0 fully saturated rings. The second kappa shape index (κ2) is 13.4. The molecule has 0 bridgehead atoms. The van der Waals surface area contributed by atoms with Crippen molar-refractivity contribution in [1.82, 2.24) is 0 Å². The predicted molar refractivity (Wildman–Crippen MR) is 109 cm³/mol. The molecule has 0 aliphatic rings. The van der Waals surface area contributed by atoms with Crippen molar-refractivity contribution in [3.8, 4) is 5.75 Å². The standard InChI is InChI=1S/C20H31NO5S/c1-5-7-8-15(6-2)14-26-19(23)9-10-27-20-17(21-25-4)11-16(13-22)12-18(20)24-3/h11-13,15,21H,5-10,14H2,1-4H3.